The Labute approximate surface area is 284 Å². The van der Waals surface area contributed by atoms with Crippen LogP contribution in [0.5, 0.6) is 11.5 Å². The summed E-state index contributed by atoms with van der Waals surface area (Å²) in [7, 11) is -2.98. The van der Waals surface area contributed by atoms with Gasteiger partial charge in [0.2, 0.25) is 10.0 Å². The Morgan fingerprint density at radius 3 is 1.94 bits per heavy atom. The van der Waals surface area contributed by atoms with Crippen LogP contribution in [0.4, 0.5) is 0 Å². The lowest BCUT2D eigenvalue weighted by atomic mass is 10.2. The van der Waals surface area contributed by atoms with Crippen LogP contribution in [0.3, 0.4) is 0 Å². The Morgan fingerprint density at radius 1 is 0.776 bits per heavy atom. The van der Waals surface area contributed by atoms with E-state index >= 15 is 0 Å². The second kappa shape index (κ2) is 16.2. The van der Waals surface area contributed by atoms with Crippen molar-refractivity contribution < 1.29 is 27.4 Å². The SMILES string of the molecule is Cc1cn(COCc2ccccc2)c(=O)n(CCC(C(=O)OCc2ccccc2)N(C)S(=O)(=O)c2ccc(Oc3ccccc3)cc2)c1=O. The van der Waals surface area contributed by atoms with Gasteiger partial charge >= 0.3 is 11.7 Å². The molecule has 0 bridgehead atoms. The summed E-state index contributed by atoms with van der Waals surface area (Å²) in [5.41, 5.74) is 0.701. The highest BCUT2D eigenvalue weighted by Gasteiger charge is 2.34. The number of ether oxygens (including phenoxy) is 3. The third-order valence-corrected chi connectivity index (χ3v) is 9.67. The van der Waals surface area contributed by atoms with Crippen LogP contribution in [0.25, 0.3) is 0 Å². The normalized spacial score (nSPS) is 12.1. The zero-order valence-corrected chi connectivity index (χ0v) is 28.0. The highest BCUT2D eigenvalue weighted by Crippen LogP contribution is 2.25. The first-order valence-corrected chi connectivity index (χ1v) is 17.0. The van der Waals surface area contributed by atoms with Crippen molar-refractivity contribution in [3.63, 3.8) is 0 Å². The Kier molecular flexibility index (Phi) is 11.6. The number of sulfonamides is 1. The van der Waals surface area contributed by atoms with Crippen molar-refractivity contribution in [1.29, 1.82) is 0 Å². The molecule has 0 saturated heterocycles. The first-order chi connectivity index (χ1) is 23.6. The van der Waals surface area contributed by atoms with Gasteiger partial charge in [0.25, 0.3) is 5.56 Å². The summed E-state index contributed by atoms with van der Waals surface area (Å²) >= 11 is 0. The first kappa shape index (κ1) is 35.0. The molecule has 5 rings (SSSR count). The standard InChI is InChI=1S/C37H37N3O8S/c1-28-24-39(27-46-25-29-12-6-3-7-13-29)37(43)40(35(28)41)23-22-34(36(42)47-26-30-14-8-4-9-15-30)38(2)49(44,45)33-20-18-32(19-21-33)48-31-16-10-5-11-17-31/h3-21,24,34H,22-23,25-27H2,1-2H3. The summed E-state index contributed by atoms with van der Waals surface area (Å²) in [4.78, 5) is 40.0. The molecule has 1 aromatic heterocycles. The maximum Gasteiger partial charge on any atom is 0.332 e. The van der Waals surface area contributed by atoms with Crippen LogP contribution in [0.15, 0.2) is 136 Å². The molecule has 49 heavy (non-hydrogen) atoms. The number of carbonyl (C=O) groups excluding carboxylic acids is 1. The molecule has 0 radical (unpaired) electrons. The predicted molar refractivity (Wildman–Crippen MR) is 183 cm³/mol. The van der Waals surface area contributed by atoms with Gasteiger partial charge in [0, 0.05) is 25.4 Å². The molecule has 5 aromatic rings. The van der Waals surface area contributed by atoms with Gasteiger partial charge in [-0.3, -0.25) is 18.7 Å². The second-order valence-electron chi connectivity index (χ2n) is 11.3. The smallest absolute Gasteiger partial charge is 0.332 e. The van der Waals surface area contributed by atoms with E-state index in [0.29, 0.717) is 17.1 Å². The number of rotatable bonds is 15. The molecular formula is C37H37N3O8S. The van der Waals surface area contributed by atoms with E-state index in [0.717, 1.165) is 14.4 Å². The van der Waals surface area contributed by atoms with E-state index < -0.39 is 33.3 Å². The molecule has 1 unspecified atom stereocenters. The molecule has 0 aliphatic rings. The third-order valence-electron chi connectivity index (χ3n) is 7.79. The molecule has 0 spiro atoms. The van der Waals surface area contributed by atoms with E-state index in [1.807, 2.05) is 54.6 Å². The number of likely N-dealkylation sites (N-methyl/N-ethyl adjacent to an activating group) is 1. The van der Waals surface area contributed by atoms with E-state index in [9.17, 15) is 22.8 Å². The molecular weight excluding hydrogens is 646 g/mol. The molecule has 1 atom stereocenters. The first-order valence-electron chi connectivity index (χ1n) is 15.6. The molecule has 4 aromatic carbocycles. The van der Waals surface area contributed by atoms with E-state index in [1.165, 1.54) is 42.1 Å². The Bertz CT molecular complexity index is 2070. The van der Waals surface area contributed by atoms with Gasteiger partial charge in [-0.1, -0.05) is 78.9 Å². The molecule has 0 fully saturated rings. The van der Waals surface area contributed by atoms with E-state index in [1.54, 1.807) is 43.3 Å². The monoisotopic (exact) mass is 683 g/mol. The maximum atomic E-state index is 13.8. The number of hydrogen-bond donors (Lipinski definition) is 0. The quantitative estimate of drug-likeness (QED) is 0.140. The van der Waals surface area contributed by atoms with Crippen LogP contribution in [-0.2, 0) is 50.8 Å². The lowest BCUT2D eigenvalue weighted by molar-refractivity contribution is -0.149. The van der Waals surface area contributed by atoms with Crippen molar-refractivity contribution >= 4 is 16.0 Å². The summed E-state index contributed by atoms with van der Waals surface area (Å²) in [6.07, 6.45) is 1.20. The third kappa shape index (κ3) is 8.99. The van der Waals surface area contributed by atoms with Gasteiger partial charge in [-0.2, -0.15) is 4.31 Å². The summed E-state index contributed by atoms with van der Waals surface area (Å²) in [6, 6.07) is 31.9. The van der Waals surface area contributed by atoms with Gasteiger partial charge < -0.3 is 14.2 Å². The van der Waals surface area contributed by atoms with Crippen molar-refractivity contribution in [2.45, 2.75) is 50.8 Å². The van der Waals surface area contributed by atoms with Crippen molar-refractivity contribution in [1.82, 2.24) is 13.4 Å². The van der Waals surface area contributed by atoms with Gasteiger partial charge in [-0.05, 0) is 60.9 Å². The molecule has 0 aliphatic carbocycles. The molecule has 0 N–H and O–H groups in total. The molecule has 254 valence electrons. The number of nitrogens with zero attached hydrogens (tertiary/aromatic N) is 3. The highest BCUT2D eigenvalue weighted by molar-refractivity contribution is 7.89. The molecule has 1 heterocycles. The topological polar surface area (TPSA) is 126 Å². The summed E-state index contributed by atoms with van der Waals surface area (Å²) in [5, 5.41) is 0. The van der Waals surface area contributed by atoms with Gasteiger partial charge in [0.05, 0.1) is 11.5 Å². The van der Waals surface area contributed by atoms with Gasteiger partial charge in [-0.25, -0.2) is 13.2 Å². The Morgan fingerprint density at radius 2 is 1.33 bits per heavy atom. The number of para-hydroxylation sites is 1. The highest BCUT2D eigenvalue weighted by atomic mass is 32.2. The molecule has 11 nitrogen and oxygen atoms in total. The van der Waals surface area contributed by atoms with Gasteiger partial charge in [-0.15, -0.1) is 0 Å². The Hall–Kier alpha value is -5.30. The fourth-order valence-corrected chi connectivity index (χ4v) is 6.43. The fraction of sp³-hybridized carbons (Fsp3) is 0.216. The predicted octanol–water partition coefficient (Wildman–Crippen LogP) is 5.11. The van der Waals surface area contributed by atoms with Crippen molar-refractivity contribution in [3.8, 4) is 11.5 Å². The minimum absolute atomic E-state index is 0.0816. The molecule has 12 heteroatoms. The van der Waals surface area contributed by atoms with Crippen molar-refractivity contribution in [2.24, 2.45) is 0 Å². The van der Waals surface area contributed by atoms with Crippen LogP contribution in [0.1, 0.15) is 23.1 Å². The minimum atomic E-state index is -4.25. The van der Waals surface area contributed by atoms with Gasteiger partial charge in [0.15, 0.2) is 0 Å². The largest absolute Gasteiger partial charge is 0.460 e. The summed E-state index contributed by atoms with van der Waals surface area (Å²) < 4.78 is 47.9. The average Bonchev–Trinajstić information content (AvgIpc) is 3.12. The van der Waals surface area contributed by atoms with Crippen LogP contribution in [0.2, 0.25) is 0 Å². The van der Waals surface area contributed by atoms with E-state index in [-0.39, 0.29) is 43.4 Å². The molecule has 0 saturated carbocycles. The van der Waals surface area contributed by atoms with Crippen molar-refractivity contribution in [3.05, 3.63) is 159 Å². The van der Waals surface area contributed by atoms with E-state index in [4.69, 9.17) is 14.2 Å². The van der Waals surface area contributed by atoms with Crippen LogP contribution < -0.4 is 16.0 Å². The van der Waals surface area contributed by atoms with Gasteiger partial charge in [0.1, 0.15) is 30.9 Å². The second-order valence-corrected chi connectivity index (χ2v) is 13.3. The maximum absolute atomic E-state index is 13.8. The lowest BCUT2D eigenvalue weighted by Gasteiger charge is -2.26. The van der Waals surface area contributed by atoms with Crippen LogP contribution in [-0.4, -0.2) is 40.9 Å². The summed E-state index contributed by atoms with van der Waals surface area (Å²) in [5.74, 6) is 0.185. The number of benzene rings is 4. The number of carbonyl (C=O) groups is 1. The minimum Gasteiger partial charge on any atom is -0.460 e. The zero-order valence-electron chi connectivity index (χ0n) is 27.2. The average molecular weight is 684 g/mol. The molecule has 0 amide bonds. The van der Waals surface area contributed by atoms with Crippen LogP contribution in [0, 0.1) is 6.92 Å². The number of esters is 1. The number of hydrogen-bond acceptors (Lipinski definition) is 8. The summed E-state index contributed by atoms with van der Waals surface area (Å²) in [6.45, 7) is 1.36. The fourth-order valence-electron chi connectivity index (χ4n) is 5.09. The zero-order chi connectivity index (χ0) is 34.8. The van der Waals surface area contributed by atoms with E-state index in [2.05, 4.69) is 0 Å². The number of aryl methyl sites for hydroxylation is 1. The Balaban J connectivity index is 1.36. The van der Waals surface area contributed by atoms with Crippen LogP contribution >= 0.6 is 0 Å². The number of aromatic nitrogens is 2. The van der Waals surface area contributed by atoms with Crippen molar-refractivity contribution in [2.75, 3.05) is 7.05 Å². The molecule has 0 aliphatic heterocycles. The lowest BCUT2D eigenvalue weighted by Crippen LogP contribution is -2.46.